The summed E-state index contributed by atoms with van der Waals surface area (Å²) in [6.07, 6.45) is 0.523. The van der Waals surface area contributed by atoms with Crippen molar-refractivity contribution in [3.63, 3.8) is 0 Å². The van der Waals surface area contributed by atoms with Crippen LogP contribution in [0.15, 0.2) is 33.8 Å². The molecule has 1 aromatic rings. The molecule has 24 heavy (non-hydrogen) atoms. The first-order valence-corrected chi connectivity index (χ1v) is 8.17. The Morgan fingerprint density at radius 2 is 2.00 bits per heavy atom. The first kappa shape index (κ1) is 18.1. The number of carbonyl (C=O) groups excluding carboxylic acids is 3. The minimum atomic E-state index is -0.538. The molecule has 1 N–H and O–H groups in total. The standard InChI is InChI=1S/C16H18BrN3O4/c1-20-14(21)8-7-12(19-20)16(23)18-13(9-15(22)24-2)10-3-5-11(17)6-4-10/h3-6,13H,7-9H2,1-2H3,(H,18,23)/t13-/m0/s1. The molecule has 2 rings (SSSR count). The van der Waals surface area contributed by atoms with E-state index in [0.717, 1.165) is 15.0 Å². The van der Waals surface area contributed by atoms with Crippen molar-refractivity contribution in [2.45, 2.75) is 25.3 Å². The van der Waals surface area contributed by atoms with E-state index < -0.39 is 17.9 Å². The number of benzene rings is 1. The lowest BCUT2D eigenvalue weighted by molar-refractivity contribution is -0.141. The minimum Gasteiger partial charge on any atom is -0.469 e. The molecule has 0 unspecified atom stereocenters. The lowest BCUT2D eigenvalue weighted by Crippen LogP contribution is -2.39. The largest absolute Gasteiger partial charge is 0.469 e. The first-order valence-electron chi connectivity index (χ1n) is 7.38. The molecule has 0 saturated heterocycles. The predicted octanol–water partition coefficient (Wildman–Crippen LogP) is 1.78. The molecule has 8 heteroatoms. The monoisotopic (exact) mass is 395 g/mol. The molecule has 0 saturated carbocycles. The molecular formula is C16H18BrN3O4. The quantitative estimate of drug-likeness (QED) is 0.769. The summed E-state index contributed by atoms with van der Waals surface area (Å²) in [5.41, 5.74) is 1.04. The first-order chi connectivity index (χ1) is 11.4. The van der Waals surface area contributed by atoms with E-state index in [1.165, 1.54) is 14.2 Å². The van der Waals surface area contributed by atoms with Crippen LogP contribution >= 0.6 is 15.9 Å². The summed E-state index contributed by atoms with van der Waals surface area (Å²) >= 11 is 3.35. The average Bonchev–Trinajstić information content (AvgIpc) is 2.57. The Labute approximate surface area is 148 Å². The Morgan fingerprint density at radius 1 is 1.33 bits per heavy atom. The van der Waals surface area contributed by atoms with Gasteiger partial charge in [-0.1, -0.05) is 28.1 Å². The molecule has 0 radical (unpaired) electrons. The molecule has 0 aromatic heterocycles. The summed E-state index contributed by atoms with van der Waals surface area (Å²) < 4.78 is 5.60. The van der Waals surface area contributed by atoms with Crippen molar-refractivity contribution in [2.75, 3.05) is 14.2 Å². The Morgan fingerprint density at radius 3 is 2.58 bits per heavy atom. The average molecular weight is 396 g/mol. The zero-order chi connectivity index (χ0) is 17.7. The van der Waals surface area contributed by atoms with Crippen molar-refractivity contribution in [3.05, 3.63) is 34.3 Å². The van der Waals surface area contributed by atoms with Gasteiger partial charge in [0.05, 0.1) is 19.6 Å². The van der Waals surface area contributed by atoms with E-state index in [9.17, 15) is 14.4 Å². The number of hydrazone groups is 1. The molecule has 1 aliphatic rings. The van der Waals surface area contributed by atoms with Crippen molar-refractivity contribution in [1.29, 1.82) is 0 Å². The molecule has 128 valence electrons. The van der Waals surface area contributed by atoms with Gasteiger partial charge in [0.25, 0.3) is 5.91 Å². The highest BCUT2D eigenvalue weighted by Crippen LogP contribution is 2.21. The fourth-order valence-electron chi connectivity index (χ4n) is 2.27. The van der Waals surface area contributed by atoms with Gasteiger partial charge < -0.3 is 10.1 Å². The number of halogens is 1. The molecule has 0 fully saturated rings. The van der Waals surface area contributed by atoms with Gasteiger partial charge in [0.2, 0.25) is 5.91 Å². The molecule has 1 aliphatic heterocycles. The number of carbonyl (C=O) groups is 3. The second kappa shape index (κ2) is 8.05. The minimum absolute atomic E-state index is 0.00588. The molecule has 1 aromatic carbocycles. The van der Waals surface area contributed by atoms with Crippen molar-refractivity contribution in [3.8, 4) is 0 Å². The van der Waals surface area contributed by atoms with Gasteiger partial charge in [-0.15, -0.1) is 0 Å². The maximum Gasteiger partial charge on any atom is 0.307 e. The van der Waals surface area contributed by atoms with Crippen LogP contribution in [-0.2, 0) is 19.1 Å². The molecule has 0 spiro atoms. The fourth-order valence-corrected chi connectivity index (χ4v) is 2.54. The Hall–Kier alpha value is -2.22. The highest BCUT2D eigenvalue weighted by atomic mass is 79.9. The van der Waals surface area contributed by atoms with Crippen LogP contribution in [0.1, 0.15) is 30.9 Å². The smallest absolute Gasteiger partial charge is 0.307 e. The molecule has 7 nitrogen and oxygen atoms in total. The number of hydrogen-bond donors (Lipinski definition) is 1. The number of hydrogen-bond acceptors (Lipinski definition) is 5. The second-order valence-electron chi connectivity index (χ2n) is 5.32. The third-order valence-electron chi connectivity index (χ3n) is 3.65. The topological polar surface area (TPSA) is 88.1 Å². The van der Waals surface area contributed by atoms with Crippen molar-refractivity contribution >= 4 is 39.4 Å². The summed E-state index contributed by atoms with van der Waals surface area (Å²) in [5.74, 6) is -0.960. The molecule has 2 amide bonds. The van der Waals surface area contributed by atoms with Crippen LogP contribution in [0.5, 0.6) is 0 Å². The molecule has 0 aliphatic carbocycles. The zero-order valence-corrected chi connectivity index (χ0v) is 15.0. The van der Waals surface area contributed by atoms with Gasteiger partial charge in [-0.05, 0) is 17.7 Å². The Bertz CT molecular complexity index is 672. The van der Waals surface area contributed by atoms with Crippen molar-refractivity contribution in [2.24, 2.45) is 5.10 Å². The number of rotatable bonds is 5. The van der Waals surface area contributed by atoms with Gasteiger partial charge in [-0.3, -0.25) is 14.4 Å². The molecule has 0 bridgehead atoms. The fraction of sp³-hybridized carbons (Fsp3) is 0.375. The van der Waals surface area contributed by atoms with Gasteiger partial charge in [0.1, 0.15) is 5.71 Å². The number of methoxy groups -OCH3 is 1. The van der Waals surface area contributed by atoms with Gasteiger partial charge in [0, 0.05) is 24.4 Å². The zero-order valence-electron chi connectivity index (χ0n) is 13.4. The van der Waals surface area contributed by atoms with E-state index >= 15 is 0 Å². The lowest BCUT2D eigenvalue weighted by Gasteiger charge is -2.22. The summed E-state index contributed by atoms with van der Waals surface area (Å²) in [6, 6.07) is 6.75. The molecular weight excluding hydrogens is 378 g/mol. The normalized spacial score (nSPS) is 15.5. The van der Waals surface area contributed by atoms with E-state index in [1.807, 2.05) is 24.3 Å². The lowest BCUT2D eigenvalue weighted by atomic mass is 10.0. The van der Waals surface area contributed by atoms with E-state index in [2.05, 4.69) is 26.3 Å². The Balaban J connectivity index is 2.17. The second-order valence-corrected chi connectivity index (χ2v) is 6.24. The van der Waals surface area contributed by atoms with Gasteiger partial charge in [-0.2, -0.15) is 5.10 Å². The van der Waals surface area contributed by atoms with Crippen LogP contribution in [0.25, 0.3) is 0 Å². The van der Waals surface area contributed by atoms with Crippen molar-refractivity contribution < 1.29 is 19.1 Å². The summed E-state index contributed by atoms with van der Waals surface area (Å²) in [7, 11) is 2.81. The van der Waals surface area contributed by atoms with Crippen LogP contribution < -0.4 is 5.32 Å². The maximum atomic E-state index is 12.4. The van der Waals surface area contributed by atoms with Crippen LogP contribution in [-0.4, -0.2) is 42.7 Å². The Kier molecular flexibility index (Phi) is 6.08. The van der Waals surface area contributed by atoms with Gasteiger partial charge >= 0.3 is 5.97 Å². The number of esters is 1. The number of ether oxygens (including phenoxy) is 1. The van der Waals surface area contributed by atoms with Crippen molar-refractivity contribution in [1.82, 2.24) is 10.3 Å². The number of nitrogens with zero attached hydrogens (tertiary/aromatic N) is 2. The summed E-state index contributed by atoms with van der Waals surface area (Å²) in [4.78, 5) is 35.5. The van der Waals surface area contributed by atoms with E-state index in [1.54, 1.807) is 0 Å². The molecule has 1 heterocycles. The van der Waals surface area contributed by atoms with E-state index in [-0.39, 0.29) is 30.9 Å². The van der Waals surface area contributed by atoms with E-state index in [4.69, 9.17) is 4.74 Å². The number of amides is 2. The highest BCUT2D eigenvalue weighted by Gasteiger charge is 2.25. The maximum absolute atomic E-state index is 12.4. The summed E-state index contributed by atoms with van der Waals surface area (Å²) in [6.45, 7) is 0. The van der Waals surface area contributed by atoms with Gasteiger partial charge in [-0.25, -0.2) is 5.01 Å². The van der Waals surface area contributed by atoms with Crippen LogP contribution in [0.4, 0.5) is 0 Å². The van der Waals surface area contributed by atoms with Crippen LogP contribution in [0.2, 0.25) is 0 Å². The number of nitrogens with one attached hydrogen (secondary N) is 1. The van der Waals surface area contributed by atoms with Crippen LogP contribution in [0.3, 0.4) is 0 Å². The van der Waals surface area contributed by atoms with E-state index in [0.29, 0.717) is 0 Å². The highest BCUT2D eigenvalue weighted by molar-refractivity contribution is 9.10. The third-order valence-corrected chi connectivity index (χ3v) is 4.17. The third kappa shape index (κ3) is 4.64. The summed E-state index contributed by atoms with van der Waals surface area (Å²) in [5, 5.41) is 7.95. The molecule has 1 atom stereocenters. The SMILES string of the molecule is COC(=O)C[C@H](NC(=O)C1=NN(C)C(=O)CC1)c1ccc(Br)cc1. The predicted molar refractivity (Wildman–Crippen MR) is 91.1 cm³/mol. The van der Waals surface area contributed by atoms with Gasteiger partial charge in [0.15, 0.2) is 0 Å². The van der Waals surface area contributed by atoms with Crippen LogP contribution in [0, 0.1) is 0 Å².